The third-order valence-electron chi connectivity index (χ3n) is 3.60. The van der Waals surface area contributed by atoms with Gasteiger partial charge in [0.25, 0.3) is 5.91 Å². The summed E-state index contributed by atoms with van der Waals surface area (Å²) in [6, 6.07) is 12.9. The van der Waals surface area contributed by atoms with Crippen molar-refractivity contribution in [2.24, 2.45) is 0 Å². The van der Waals surface area contributed by atoms with E-state index in [1.54, 1.807) is 43.5 Å². The molecular formula is C18H15ClFN3O2. The topological polar surface area (TPSA) is 56.1 Å². The van der Waals surface area contributed by atoms with Crippen LogP contribution in [0.5, 0.6) is 5.75 Å². The summed E-state index contributed by atoms with van der Waals surface area (Å²) >= 11 is 5.97. The van der Waals surface area contributed by atoms with Crippen LogP contribution in [0.2, 0.25) is 5.02 Å². The van der Waals surface area contributed by atoms with E-state index in [1.807, 2.05) is 0 Å². The molecule has 0 aliphatic heterocycles. The summed E-state index contributed by atoms with van der Waals surface area (Å²) in [6.45, 7) is 0.231. The number of nitrogens with zero attached hydrogens (tertiary/aromatic N) is 2. The first-order valence-electron chi connectivity index (χ1n) is 7.49. The minimum absolute atomic E-state index is 0.184. The molecule has 25 heavy (non-hydrogen) atoms. The van der Waals surface area contributed by atoms with Gasteiger partial charge in [-0.1, -0.05) is 23.7 Å². The second-order valence-electron chi connectivity index (χ2n) is 5.24. The molecule has 7 heteroatoms. The van der Waals surface area contributed by atoms with Crippen molar-refractivity contribution in [1.82, 2.24) is 15.1 Å². The van der Waals surface area contributed by atoms with Gasteiger partial charge in [0, 0.05) is 23.3 Å². The van der Waals surface area contributed by atoms with Crippen molar-refractivity contribution >= 4 is 17.5 Å². The Bertz CT molecular complexity index is 911. The van der Waals surface area contributed by atoms with E-state index in [0.29, 0.717) is 10.8 Å². The standard InChI is InChI=1S/C18H15ClFN3O2/c1-25-17-7-6-13(19)10-12(17)11-21-18(24)15-8-9-23(22-15)16-5-3-2-4-14(16)20/h2-10H,11H2,1H3,(H,21,24). The quantitative estimate of drug-likeness (QED) is 0.757. The van der Waals surface area contributed by atoms with Crippen molar-refractivity contribution < 1.29 is 13.9 Å². The zero-order chi connectivity index (χ0) is 17.8. The number of hydrogen-bond acceptors (Lipinski definition) is 3. The van der Waals surface area contributed by atoms with Gasteiger partial charge in [0.2, 0.25) is 0 Å². The normalized spacial score (nSPS) is 10.5. The van der Waals surface area contributed by atoms with Gasteiger partial charge < -0.3 is 10.1 Å². The van der Waals surface area contributed by atoms with Gasteiger partial charge in [-0.25, -0.2) is 9.07 Å². The van der Waals surface area contributed by atoms with Gasteiger partial charge in [-0.05, 0) is 36.4 Å². The van der Waals surface area contributed by atoms with E-state index in [-0.39, 0.29) is 23.8 Å². The highest BCUT2D eigenvalue weighted by atomic mass is 35.5. The molecule has 1 amide bonds. The molecule has 0 radical (unpaired) electrons. The highest BCUT2D eigenvalue weighted by Gasteiger charge is 2.13. The van der Waals surface area contributed by atoms with Gasteiger partial charge in [-0.15, -0.1) is 0 Å². The number of carbonyl (C=O) groups is 1. The first-order chi connectivity index (χ1) is 12.1. The fourth-order valence-corrected chi connectivity index (χ4v) is 2.56. The van der Waals surface area contributed by atoms with Gasteiger partial charge in [0.1, 0.15) is 17.3 Å². The Kier molecular flexibility index (Phi) is 5.00. The van der Waals surface area contributed by atoms with E-state index in [4.69, 9.17) is 16.3 Å². The Morgan fingerprint density at radius 2 is 2.08 bits per heavy atom. The number of nitrogens with one attached hydrogen (secondary N) is 1. The highest BCUT2D eigenvalue weighted by molar-refractivity contribution is 6.30. The highest BCUT2D eigenvalue weighted by Crippen LogP contribution is 2.22. The second kappa shape index (κ2) is 7.36. The number of ether oxygens (including phenoxy) is 1. The van der Waals surface area contributed by atoms with Crippen LogP contribution >= 0.6 is 11.6 Å². The van der Waals surface area contributed by atoms with E-state index < -0.39 is 5.82 Å². The molecular weight excluding hydrogens is 345 g/mol. The molecule has 0 aliphatic rings. The molecule has 0 spiro atoms. The fraction of sp³-hybridized carbons (Fsp3) is 0.111. The van der Waals surface area contributed by atoms with E-state index in [9.17, 15) is 9.18 Å². The molecule has 3 aromatic rings. The SMILES string of the molecule is COc1ccc(Cl)cc1CNC(=O)c1ccn(-c2ccccc2F)n1. The summed E-state index contributed by atoms with van der Waals surface area (Å²) in [5, 5.41) is 7.42. The van der Waals surface area contributed by atoms with Crippen LogP contribution in [0.3, 0.4) is 0 Å². The van der Waals surface area contributed by atoms with Crippen LogP contribution in [0.4, 0.5) is 4.39 Å². The summed E-state index contributed by atoms with van der Waals surface area (Å²) in [7, 11) is 1.55. The number of carbonyl (C=O) groups excluding carboxylic acids is 1. The Labute approximate surface area is 149 Å². The predicted octanol–water partition coefficient (Wildman–Crippen LogP) is 3.60. The van der Waals surface area contributed by atoms with Gasteiger partial charge in [-0.3, -0.25) is 4.79 Å². The van der Waals surface area contributed by atoms with Crippen LogP contribution in [0, 0.1) is 5.82 Å². The van der Waals surface area contributed by atoms with Gasteiger partial charge in [0.15, 0.2) is 5.69 Å². The summed E-state index contributed by atoms with van der Waals surface area (Å²) < 4.78 is 20.4. The largest absolute Gasteiger partial charge is 0.496 e. The lowest BCUT2D eigenvalue weighted by Gasteiger charge is -2.09. The maximum atomic E-state index is 13.8. The van der Waals surface area contributed by atoms with Crippen LogP contribution in [-0.2, 0) is 6.54 Å². The van der Waals surface area contributed by atoms with Crippen LogP contribution in [0.25, 0.3) is 5.69 Å². The number of aromatic nitrogens is 2. The molecule has 1 aromatic heterocycles. The van der Waals surface area contributed by atoms with Crippen LogP contribution in [0.1, 0.15) is 16.1 Å². The Morgan fingerprint density at radius 3 is 2.84 bits per heavy atom. The number of benzene rings is 2. The molecule has 0 atom stereocenters. The maximum Gasteiger partial charge on any atom is 0.272 e. The summed E-state index contributed by atoms with van der Waals surface area (Å²) in [6.07, 6.45) is 1.54. The maximum absolute atomic E-state index is 13.8. The Balaban J connectivity index is 1.73. The summed E-state index contributed by atoms with van der Waals surface area (Å²) in [4.78, 5) is 12.3. The molecule has 0 bridgehead atoms. The fourth-order valence-electron chi connectivity index (χ4n) is 2.37. The van der Waals surface area contributed by atoms with Crippen molar-refractivity contribution in [3.63, 3.8) is 0 Å². The van der Waals surface area contributed by atoms with Crippen molar-refractivity contribution in [3.05, 3.63) is 76.8 Å². The van der Waals surface area contributed by atoms with Crippen molar-refractivity contribution in [2.75, 3.05) is 7.11 Å². The molecule has 0 fully saturated rings. The predicted molar refractivity (Wildman–Crippen MR) is 92.7 cm³/mol. The van der Waals surface area contributed by atoms with Crippen LogP contribution in [-0.4, -0.2) is 22.8 Å². The molecule has 0 saturated heterocycles. The number of halogens is 2. The summed E-state index contributed by atoms with van der Waals surface area (Å²) in [5.74, 6) is -0.167. The molecule has 5 nitrogen and oxygen atoms in total. The molecule has 3 rings (SSSR count). The Morgan fingerprint density at radius 1 is 1.28 bits per heavy atom. The number of amides is 1. The van der Waals surface area contributed by atoms with Gasteiger partial charge >= 0.3 is 0 Å². The van der Waals surface area contributed by atoms with Crippen molar-refractivity contribution in [1.29, 1.82) is 0 Å². The van der Waals surface area contributed by atoms with E-state index in [1.165, 1.54) is 23.0 Å². The minimum Gasteiger partial charge on any atom is -0.496 e. The number of methoxy groups -OCH3 is 1. The lowest BCUT2D eigenvalue weighted by Crippen LogP contribution is -2.23. The van der Waals surface area contributed by atoms with E-state index >= 15 is 0 Å². The molecule has 0 saturated carbocycles. The lowest BCUT2D eigenvalue weighted by atomic mass is 10.2. The second-order valence-corrected chi connectivity index (χ2v) is 5.67. The zero-order valence-electron chi connectivity index (χ0n) is 13.4. The number of para-hydroxylation sites is 1. The minimum atomic E-state index is -0.416. The monoisotopic (exact) mass is 359 g/mol. The molecule has 128 valence electrons. The molecule has 2 aromatic carbocycles. The first kappa shape index (κ1) is 17.0. The number of hydrogen-bond donors (Lipinski definition) is 1. The average molecular weight is 360 g/mol. The van der Waals surface area contributed by atoms with E-state index in [0.717, 1.165) is 5.56 Å². The molecule has 1 heterocycles. The zero-order valence-corrected chi connectivity index (χ0v) is 14.1. The molecule has 0 unspecified atom stereocenters. The first-order valence-corrected chi connectivity index (χ1v) is 7.87. The average Bonchev–Trinajstić information content (AvgIpc) is 3.10. The molecule has 1 N–H and O–H groups in total. The van der Waals surface area contributed by atoms with Crippen LogP contribution in [0.15, 0.2) is 54.7 Å². The van der Waals surface area contributed by atoms with Crippen molar-refractivity contribution in [3.8, 4) is 11.4 Å². The lowest BCUT2D eigenvalue weighted by molar-refractivity contribution is 0.0945. The molecule has 0 aliphatic carbocycles. The van der Waals surface area contributed by atoms with E-state index in [2.05, 4.69) is 10.4 Å². The third-order valence-corrected chi connectivity index (χ3v) is 3.84. The van der Waals surface area contributed by atoms with Gasteiger partial charge in [-0.2, -0.15) is 5.10 Å². The Hall–Kier alpha value is -2.86. The van der Waals surface area contributed by atoms with Gasteiger partial charge in [0.05, 0.1) is 7.11 Å². The number of rotatable bonds is 5. The smallest absolute Gasteiger partial charge is 0.272 e. The summed E-state index contributed by atoms with van der Waals surface area (Å²) in [5.41, 5.74) is 1.21. The third kappa shape index (κ3) is 3.80. The van der Waals surface area contributed by atoms with Crippen molar-refractivity contribution in [2.45, 2.75) is 6.54 Å². The van der Waals surface area contributed by atoms with Crippen LogP contribution < -0.4 is 10.1 Å².